The first-order valence-corrected chi connectivity index (χ1v) is 8.17. The number of hydrogen-bond donors (Lipinski definition) is 2. The number of benzene rings is 1. The first-order chi connectivity index (χ1) is 11.5. The molecule has 24 heavy (non-hydrogen) atoms. The second kappa shape index (κ2) is 6.60. The summed E-state index contributed by atoms with van der Waals surface area (Å²) in [6, 6.07) is 5.55. The van der Waals surface area contributed by atoms with Crippen LogP contribution >= 0.6 is 0 Å². The van der Waals surface area contributed by atoms with E-state index in [2.05, 4.69) is 27.5 Å². The number of hydrogen-bond acceptors (Lipinski definition) is 4. The number of Topliss-reactive ketones (excluding diaryl/α,β-unsaturated/α-hetero) is 1. The maximum atomic E-state index is 12.5. The lowest BCUT2D eigenvalue weighted by molar-refractivity contribution is 0.101. The predicted molar refractivity (Wildman–Crippen MR) is 93.4 cm³/mol. The molecule has 1 aromatic heterocycles. The van der Waals surface area contributed by atoms with Crippen molar-refractivity contribution < 1.29 is 9.59 Å². The minimum atomic E-state index is -0.128. The lowest BCUT2D eigenvalue weighted by atomic mass is 10.0. The quantitative estimate of drug-likeness (QED) is 0.847. The summed E-state index contributed by atoms with van der Waals surface area (Å²) in [6.45, 7) is 3.49. The fourth-order valence-corrected chi connectivity index (χ4v) is 3.12. The summed E-state index contributed by atoms with van der Waals surface area (Å²) in [5.74, 6) is -0.104. The first kappa shape index (κ1) is 16.4. The monoisotopic (exact) mass is 329 g/mol. The van der Waals surface area contributed by atoms with E-state index in [1.807, 2.05) is 19.2 Å². The van der Waals surface area contributed by atoms with Gasteiger partial charge in [0.05, 0.1) is 5.52 Å². The van der Waals surface area contributed by atoms with E-state index in [-0.39, 0.29) is 17.9 Å². The van der Waals surface area contributed by atoms with Gasteiger partial charge in [-0.15, -0.1) is 0 Å². The Bertz CT molecular complexity index is 761. The molecule has 0 aliphatic carbocycles. The molecule has 128 valence electrons. The van der Waals surface area contributed by atoms with Gasteiger partial charge in [0, 0.05) is 31.1 Å². The molecule has 1 aliphatic heterocycles. The van der Waals surface area contributed by atoms with Crippen molar-refractivity contribution in [3.8, 4) is 0 Å². The van der Waals surface area contributed by atoms with Crippen LogP contribution in [0.4, 0.5) is 10.5 Å². The first-order valence-electron chi connectivity index (χ1n) is 8.17. The largest absolute Gasteiger partial charge is 0.325 e. The van der Waals surface area contributed by atoms with E-state index in [0.717, 1.165) is 36.8 Å². The van der Waals surface area contributed by atoms with Crippen molar-refractivity contribution in [2.75, 3.05) is 32.5 Å². The second-order valence-electron chi connectivity index (χ2n) is 6.46. The van der Waals surface area contributed by atoms with Gasteiger partial charge in [-0.2, -0.15) is 5.10 Å². The van der Waals surface area contributed by atoms with Crippen molar-refractivity contribution in [3.05, 3.63) is 23.9 Å². The molecule has 2 N–H and O–H groups in total. The van der Waals surface area contributed by atoms with E-state index >= 15 is 0 Å². The summed E-state index contributed by atoms with van der Waals surface area (Å²) in [7, 11) is 3.94. The normalized spacial score (nSPS) is 16.3. The number of amides is 2. The summed E-state index contributed by atoms with van der Waals surface area (Å²) in [5, 5.41) is 10.5. The maximum absolute atomic E-state index is 12.5. The van der Waals surface area contributed by atoms with Crippen LogP contribution in [0, 0.1) is 0 Å². The number of piperidine rings is 1. The van der Waals surface area contributed by atoms with E-state index in [0.29, 0.717) is 11.4 Å². The van der Waals surface area contributed by atoms with Gasteiger partial charge in [-0.3, -0.25) is 9.89 Å². The van der Waals surface area contributed by atoms with Gasteiger partial charge in [0.2, 0.25) is 0 Å². The molecule has 0 saturated carbocycles. The molecule has 1 aliphatic rings. The van der Waals surface area contributed by atoms with Gasteiger partial charge in [0.15, 0.2) is 5.78 Å². The summed E-state index contributed by atoms with van der Waals surface area (Å²) >= 11 is 0. The van der Waals surface area contributed by atoms with E-state index in [9.17, 15) is 9.59 Å². The number of H-pyrrole nitrogens is 1. The van der Waals surface area contributed by atoms with Gasteiger partial charge in [-0.25, -0.2) is 4.79 Å². The van der Waals surface area contributed by atoms with Crippen LogP contribution in [0.3, 0.4) is 0 Å². The molecule has 0 radical (unpaired) electrons. The molecule has 3 rings (SSSR count). The number of nitrogens with zero attached hydrogens (tertiary/aromatic N) is 3. The number of fused-ring (bicyclic) bond motifs is 1. The van der Waals surface area contributed by atoms with E-state index < -0.39 is 0 Å². The van der Waals surface area contributed by atoms with Gasteiger partial charge in [-0.05, 0) is 51.2 Å². The van der Waals surface area contributed by atoms with E-state index in [1.165, 1.54) is 6.92 Å². The SMILES string of the molecule is CC(=O)c1n[nH]c2ccc(NC(=O)N(C)C3CCN(C)CC3)cc12. The molecule has 0 atom stereocenters. The van der Waals surface area contributed by atoms with Crippen LogP contribution < -0.4 is 5.32 Å². The van der Waals surface area contributed by atoms with Crippen molar-refractivity contribution in [1.29, 1.82) is 0 Å². The van der Waals surface area contributed by atoms with E-state index in [4.69, 9.17) is 0 Å². The zero-order chi connectivity index (χ0) is 17.3. The van der Waals surface area contributed by atoms with Crippen LogP contribution in [-0.2, 0) is 0 Å². The number of aromatic nitrogens is 2. The lowest BCUT2D eigenvalue weighted by Gasteiger charge is -2.35. The topological polar surface area (TPSA) is 81.3 Å². The van der Waals surface area contributed by atoms with Crippen molar-refractivity contribution in [2.45, 2.75) is 25.8 Å². The summed E-state index contributed by atoms with van der Waals surface area (Å²) in [4.78, 5) is 28.2. The van der Waals surface area contributed by atoms with Crippen LogP contribution in [-0.4, -0.2) is 65.0 Å². The number of likely N-dealkylation sites (tertiary alicyclic amines) is 1. The average Bonchev–Trinajstić information content (AvgIpc) is 2.98. The predicted octanol–water partition coefficient (Wildman–Crippen LogP) is 2.32. The molecule has 1 saturated heterocycles. The molecule has 0 spiro atoms. The van der Waals surface area contributed by atoms with Gasteiger partial charge < -0.3 is 15.1 Å². The summed E-state index contributed by atoms with van der Waals surface area (Å²) in [6.07, 6.45) is 1.96. The van der Waals surface area contributed by atoms with Crippen LogP contribution in [0.25, 0.3) is 10.9 Å². The second-order valence-corrected chi connectivity index (χ2v) is 6.46. The number of carbonyl (C=O) groups excluding carboxylic acids is 2. The van der Waals surface area contributed by atoms with Gasteiger partial charge in [0.25, 0.3) is 0 Å². The maximum Gasteiger partial charge on any atom is 0.321 e. The third-order valence-electron chi connectivity index (χ3n) is 4.70. The van der Waals surface area contributed by atoms with Crippen LogP contribution in [0.2, 0.25) is 0 Å². The molecule has 2 aromatic rings. The Hall–Kier alpha value is -2.41. The van der Waals surface area contributed by atoms with Gasteiger partial charge in [-0.1, -0.05) is 0 Å². The van der Waals surface area contributed by atoms with Crippen LogP contribution in [0.15, 0.2) is 18.2 Å². The Labute approximate surface area is 141 Å². The number of ketones is 1. The number of carbonyl (C=O) groups is 2. The molecule has 0 bridgehead atoms. The Morgan fingerprint density at radius 1 is 1.33 bits per heavy atom. The Morgan fingerprint density at radius 2 is 2.04 bits per heavy atom. The molecule has 2 amide bonds. The van der Waals surface area contributed by atoms with Crippen molar-refractivity contribution >= 4 is 28.4 Å². The average molecular weight is 329 g/mol. The number of nitrogens with one attached hydrogen (secondary N) is 2. The number of rotatable bonds is 3. The fourth-order valence-electron chi connectivity index (χ4n) is 3.12. The van der Waals surface area contributed by atoms with E-state index in [1.54, 1.807) is 11.0 Å². The van der Waals surface area contributed by atoms with Crippen molar-refractivity contribution in [1.82, 2.24) is 20.0 Å². The zero-order valence-corrected chi connectivity index (χ0v) is 14.3. The Balaban J connectivity index is 1.73. The number of urea groups is 1. The number of aromatic amines is 1. The van der Waals surface area contributed by atoms with Crippen molar-refractivity contribution in [3.63, 3.8) is 0 Å². The Morgan fingerprint density at radius 3 is 2.71 bits per heavy atom. The molecule has 1 aromatic carbocycles. The fraction of sp³-hybridized carbons (Fsp3) is 0.471. The molecule has 7 heteroatoms. The highest BCUT2D eigenvalue weighted by Gasteiger charge is 2.24. The molecule has 2 heterocycles. The third-order valence-corrected chi connectivity index (χ3v) is 4.70. The highest BCUT2D eigenvalue weighted by atomic mass is 16.2. The minimum Gasteiger partial charge on any atom is -0.325 e. The molecular formula is C17H23N5O2. The third kappa shape index (κ3) is 3.26. The zero-order valence-electron chi connectivity index (χ0n) is 14.3. The van der Waals surface area contributed by atoms with Gasteiger partial charge >= 0.3 is 6.03 Å². The highest BCUT2D eigenvalue weighted by molar-refractivity contribution is 6.06. The minimum absolute atomic E-state index is 0.104. The molecule has 0 unspecified atom stereocenters. The van der Waals surface area contributed by atoms with Crippen LogP contribution in [0.5, 0.6) is 0 Å². The van der Waals surface area contributed by atoms with Crippen LogP contribution in [0.1, 0.15) is 30.3 Å². The lowest BCUT2D eigenvalue weighted by Crippen LogP contribution is -2.46. The standard InChI is InChI=1S/C17H23N5O2/c1-11(23)16-14-10-12(4-5-15(14)19-20-16)18-17(24)22(3)13-6-8-21(2)9-7-13/h4-5,10,13H,6-9H2,1-3H3,(H,18,24)(H,19,20). The smallest absolute Gasteiger partial charge is 0.321 e. The highest BCUT2D eigenvalue weighted by Crippen LogP contribution is 2.22. The molecule has 1 fully saturated rings. The molecular weight excluding hydrogens is 306 g/mol. The van der Waals surface area contributed by atoms with Crippen molar-refractivity contribution in [2.24, 2.45) is 0 Å². The summed E-state index contributed by atoms with van der Waals surface area (Å²) < 4.78 is 0. The molecule has 7 nitrogen and oxygen atoms in total. The Kier molecular flexibility index (Phi) is 4.53. The summed E-state index contributed by atoms with van der Waals surface area (Å²) in [5.41, 5.74) is 1.84. The number of anilines is 1. The van der Waals surface area contributed by atoms with Gasteiger partial charge in [0.1, 0.15) is 5.69 Å².